The molecular weight excluding hydrogens is 400 g/mol. The van der Waals surface area contributed by atoms with Gasteiger partial charge in [0.2, 0.25) is 0 Å². The van der Waals surface area contributed by atoms with E-state index in [0.29, 0.717) is 11.5 Å². The van der Waals surface area contributed by atoms with E-state index in [1.165, 1.54) is 5.56 Å². The Balaban J connectivity index is 1.26. The Morgan fingerprint density at radius 1 is 0.875 bits per heavy atom. The Kier molecular flexibility index (Phi) is 6.86. The molecule has 0 saturated heterocycles. The van der Waals surface area contributed by atoms with Gasteiger partial charge in [-0.2, -0.15) is 0 Å². The van der Waals surface area contributed by atoms with Crippen LogP contribution in [-0.4, -0.2) is 23.1 Å². The van der Waals surface area contributed by atoms with Gasteiger partial charge in [-0.05, 0) is 97.5 Å². The summed E-state index contributed by atoms with van der Waals surface area (Å²) < 4.78 is 0. The lowest BCUT2D eigenvalue weighted by molar-refractivity contribution is 0.0706. The maximum absolute atomic E-state index is 12.7. The van der Waals surface area contributed by atoms with Gasteiger partial charge in [-0.25, -0.2) is 5.48 Å². The van der Waals surface area contributed by atoms with Crippen LogP contribution in [0.25, 0.3) is 10.8 Å². The first-order valence-electron chi connectivity index (χ1n) is 11.4. The molecule has 0 aliphatic heterocycles. The molecule has 0 unspecified atom stereocenters. The molecule has 4 rings (SSSR count). The molecule has 0 radical (unpaired) electrons. The van der Waals surface area contributed by atoms with Crippen LogP contribution in [0.1, 0.15) is 63.9 Å². The smallest absolute Gasteiger partial charge is 0.274 e. The van der Waals surface area contributed by atoms with Crippen molar-refractivity contribution in [1.82, 2.24) is 10.8 Å². The molecule has 1 aliphatic rings. The Labute approximate surface area is 188 Å². The summed E-state index contributed by atoms with van der Waals surface area (Å²) in [5.74, 6) is 0.189. The fraction of sp³-hybridized carbons (Fsp3) is 0.333. The number of rotatable bonds is 6. The van der Waals surface area contributed by atoms with E-state index in [1.54, 1.807) is 11.5 Å². The lowest BCUT2D eigenvalue weighted by Crippen LogP contribution is -2.37. The van der Waals surface area contributed by atoms with Gasteiger partial charge in [0.1, 0.15) is 0 Å². The van der Waals surface area contributed by atoms with Gasteiger partial charge in [-0.1, -0.05) is 36.4 Å². The standard InChI is InChI=1S/C27H30N2O3/c1-18-16-23(27(31)29-32)12-10-20(18)9-6-19-7-14-25(15-8-19)28-26(30)24-13-11-21-4-2-3-5-22(21)17-24/h2-5,10-13,16-17,19,25,32H,6-9,14-15H2,1H3,(H,28,30)(H,29,31). The molecule has 32 heavy (non-hydrogen) atoms. The first-order chi connectivity index (χ1) is 15.5. The third kappa shape index (κ3) is 5.17. The van der Waals surface area contributed by atoms with Crippen molar-refractivity contribution in [3.05, 3.63) is 82.9 Å². The van der Waals surface area contributed by atoms with Crippen molar-refractivity contribution in [2.24, 2.45) is 5.92 Å². The predicted octanol–water partition coefficient (Wildman–Crippen LogP) is 5.19. The molecule has 0 heterocycles. The summed E-state index contributed by atoms with van der Waals surface area (Å²) in [4.78, 5) is 24.3. The minimum atomic E-state index is -0.483. The highest BCUT2D eigenvalue weighted by Gasteiger charge is 2.23. The largest absolute Gasteiger partial charge is 0.349 e. The number of amides is 2. The second-order valence-electron chi connectivity index (χ2n) is 8.87. The van der Waals surface area contributed by atoms with Crippen LogP contribution in [0.15, 0.2) is 60.7 Å². The van der Waals surface area contributed by atoms with Crippen molar-refractivity contribution in [3.63, 3.8) is 0 Å². The molecule has 5 heteroatoms. The normalized spacial score (nSPS) is 18.3. The quantitative estimate of drug-likeness (QED) is 0.372. The van der Waals surface area contributed by atoms with Crippen LogP contribution >= 0.6 is 0 Å². The molecule has 166 valence electrons. The third-order valence-corrected chi connectivity index (χ3v) is 6.72. The van der Waals surface area contributed by atoms with E-state index in [2.05, 4.69) is 11.4 Å². The lowest BCUT2D eigenvalue weighted by atomic mass is 9.82. The number of hydrogen-bond donors (Lipinski definition) is 3. The topological polar surface area (TPSA) is 78.4 Å². The van der Waals surface area contributed by atoms with Crippen LogP contribution in [0.4, 0.5) is 0 Å². The number of carbonyl (C=O) groups is 2. The Morgan fingerprint density at radius 3 is 2.28 bits per heavy atom. The highest BCUT2D eigenvalue weighted by Crippen LogP contribution is 2.29. The summed E-state index contributed by atoms with van der Waals surface area (Å²) in [5, 5.41) is 14.2. The molecule has 3 aromatic carbocycles. The van der Waals surface area contributed by atoms with Crippen molar-refractivity contribution in [1.29, 1.82) is 0 Å². The van der Waals surface area contributed by atoms with Gasteiger partial charge in [0.15, 0.2) is 0 Å². The van der Waals surface area contributed by atoms with E-state index in [1.807, 2.05) is 55.5 Å². The van der Waals surface area contributed by atoms with Crippen LogP contribution in [0, 0.1) is 12.8 Å². The van der Waals surface area contributed by atoms with Crippen LogP contribution in [0.3, 0.4) is 0 Å². The zero-order valence-electron chi connectivity index (χ0n) is 18.4. The van der Waals surface area contributed by atoms with Gasteiger partial charge < -0.3 is 5.32 Å². The lowest BCUT2D eigenvalue weighted by Gasteiger charge is -2.29. The first kappa shape index (κ1) is 22.0. The molecule has 0 atom stereocenters. The van der Waals surface area contributed by atoms with E-state index < -0.39 is 5.91 Å². The van der Waals surface area contributed by atoms with E-state index in [-0.39, 0.29) is 11.9 Å². The maximum Gasteiger partial charge on any atom is 0.274 e. The van der Waals surface area contributed by atoms with Gasteiger partial charge in [-0.3, -0.25) is 14.8 Å². The first-order valence-corrected chi connectivity index (χ1v) is 11.4. The zero-order chi connectivity index (χ0) is 22.5. The minimum Gasteiger partial charge on any atom is -0.349 e. The molecule has 3 N–H and O–H groups in total. The highest BCUT2D eigenvalue weighted by molar-refractivity contribution is 5.98. The average Bonchev–Trinajstić information content (AvgIpc) is 2.83. The number of hydroxylamine groups is 1. The van der Waals surface area contributed by atoms with E-state index >= 15 is 0 Å². The van der Waals surface area contributed by atoms with E-state index in [0.717, 1.165) is 60.4 Å². The monoisotopic (exact) mass is 430 g/mol. The van der Waals surface area contributed by atoms with Crippen molar-refractivity contribution in [3.8, 4) is 0 Å². The molecule has 2 amide bonds. The molecule has 0 spiro atoms. The summed E-state index contributed by atoms with van der Waals surface area (Å²) in [7, 11) is 0. The summed E-state index contributed by atoms with van der Waals surface area (Å²) in [6.07, 6.45) is 6.35. The van der Waals surface area contributed by atoms with Gasteiger partial charge in [0, 0.05) is 17.2 Å². The summed E-state index contributed by atoms with van der Waals surface area (Å²) in [5.41, 5.74) is 5.18. The van der Waals surface area contributed by atoms with E-state index in [9.17, 15) is 9.59 Å². The molecule has 5 nitrogen and oxygen atoms in total. The fourth-order valence-electron chi connectivity index (χ4n) is 4.74. The molecular formula is C27H30N2O3. The summed E-state index contributed by atoms with van der Waals surface area (Å²) in [6, 6.07) is 19.8. The molecule has 1 fully saturated rings. The van der Waals surface area contributed by atoms with Crippen LogP contribution in [-0.2, 0) is 6.42 Å². The molecule has 0 aromatic heterocycles. The predicted molar refractivity (Wildman–Crippen MR) is 126 cm³/mol. The Morgan fingerprint density at radius 2 is 1.56 bits per heavy atom. The summed E-state index contributed by atoms with van der Waals surface area (Å²) in [6.45, 7) is 2.00. The van der Waals surface area contributed by atoms with Gasteiger partial charge in [-0.15, -0.1) is 0 Å². The number of carbonyl (C=O) groups excluding carboxylic acids is 2. The maximum atomic E-state index is 12.7. The number of hydrogen-bond acceptors (Lipinski definition) is 3. The summed E-state index contributed by atoms with van der Waals surface area (Å²) >= 11 is 0. The van der Waals surface area contributed by atoms with E-state index in [4.69, 9.17) is 5.21 Å². The zero-order valence-corrected chi connectivity index (χ0v) is 18.4. The molecule has 1 aliphatic carbocycles. The highest BCUT2D eigenvalue weighted by atomic mass is 16.5. The molecule has 1 saturated carbocycles. The second-order valence-corrected chi connectivity index (χ2v) is 8.87. The Bertz CT molecular complexity index is 1120. The van der Waals surface area contributed by atoms with Crippen molar-refractivity contribution in [2.75, 3.05) is 0 Å². The minimum absolute atomic E-state index is 0.0156. The van der Waals surface area contributed by atoms with Crippen molar-refractivity contribution < 1.29 is 14.8 Å². The van der Waals surface area contributed by atoms with Crippen LogP contribution < -0.4 is 10.8 Å². The van der Waals surface area contributed by atoms with Gasteiger partial charge >= 0.3 is 0 Å². The molecule has 0 bridgehead atoms. The number of nitrogens with one attached hydrogen (secondary N) is 2. The fourth-order valence-corrected chi connectivity index (χ4v) is 4.74. The number of fused-ring (bicyclic) bond motifs is 1. The average molecular weight is 431 g/mol. The van der Waals surface area contributed by atoms with Crippen molar-refractivity contribution in [2.45, 2.75) is 51.5 Å². The Hall–Kier alpha value is -3.18. The SMILES string of the molecule is Cc1cc(C(=O)NO)ccc1CCC1CCC(NC(=O)c2ccc3ccccc3c2)CC1. The van der Waals surface area contributed by atoms with Gasteiger partial charge in [0.05, 0.1) is 0 Å². The van der Waals surface area contributed by atoms with Crippen LogP contribution in [0.5, 0.6) is 0 Å². The molecule has 3 aromatic rings. The number of aryl methyl sites for hydroxylation is 2. The van der Waals surface area contributed by atoms with Crippen molar-refractivity contribution >= 4 is 22.6 Å². The number of benzene rings is 3. The van der Waals surface area contributed by atoms with Crippen LogP contribution in [0.2, 0.25) is 0 Å². The third-order valence-electron chi connectivity index (χ3n) is 6.72. The second kappa shape index (κ2) is 9.96. The van der Waals surface area contributed by atoms with Gasteiger partial charge in [0.25, 0.3) is 11.8 Å².